The lowest BCUT2D eigenvalue weighted by Gasteiger charge is -2.00. The number of para-hydroxylation sites is 1. The van der Waals surface area contributed by atoms with Gasteiger partial charge in [-0.2, -0.15) is 4.73 Å². The normalized spacial score (nSPS) is 11.4. The summed E-state index contributed by atoms with van der Waals surface area (Å²) in [5.74, 6) is 0.961. The van der Waals surface area contributed by atoms with E-state index in [4.69, 9.17) is 4.42 Å². The maximum absolute atomic E-state index is 11.9. The van der Waals surface area contributed by atoms with Gasteiger partial charge in [0.15, 0.2) is 11.8 Å². The van der Waals surface area contributed by atoms with Gasteiger partial charge in [-0.15, -0.1) is 0 Å². The number of pyridine rings is 1. The van der Waals surface area contributed by atoms with Gasteiger partial charge in [-0.25, -0.2) is 0 Å². The van der Waals surface area contributed by atoms with Gasteiger partial charge in [0.25, 0.3) is 0 Å². The van der Waals surface area contributed by atoms with E-state index in [9.17, 15) is 5.21 Å². The molecule has 3 heteroatoms. The second-order valence-electron chi connectivity index (χ2n) is 4.57. The minimum Gasteiger partial charge on any atom is -0.618 e. The number of benzene rings is 1. The van der Waals surface area contributed by atoms with E-state index in [1.807, 2.05) is 30.3 Å². The lowest BCUT2D eigenvalue weighted by Crippen LogP contribution is -2.25. The monoisotopic (exact) mass is 241 g/mol. The molecule has 3 rings (SSSR count). The van der Waals surface area contributed by atoms with E-state index in [1.54, 1.807) is 6.20 Å². The van der Waals surface area contributed by atoms with Crippen molar-refractivity contribution in [1.29, 1.82) is 0 Å². The smallest absolute Gasteiger partial charge is 0.227 e. The third-order valence-electron chi connectivity index (χ3n) is 3.23. The molecule has 0 amide bonds. The Kier molecular flexibility index (Phi) is 2.67. The number of rotatable bonds is 3. The van der Waals surface area contributed by atoms with Gasteiger partial charge in [0.1, 0.15) is 5.76 Å². The predicted octanol–water partition coefficient (Wildman–Crippen LogP) is 3.56. The lowest BCUT2D eigenvalue weighted by atomic mass is 10.1. The molecule has 0 saturated carbocycles. The summed E-state index contributed by atoms with van der Waals surface area (Å²) in [6, 6.07) is 9.51. The van der Waals surface area contributed by atoms with Crippen LogP contribution in [-0.4, -0.2) is 0 Å². The Hall–Kier alpha value is -2.03. The molecular weight excluding hydrogens is 226 g/mol. The molecule has 0 aliphatic heterocycles. The van der Waals surface area contributed by atoms with Gasteiger partial charge >= 0.3 is 0 Å². The van der Waals surface area contributed by atoms with Gasteiger partial charge in [0.2, 0.25) is 5.52 Å². The fourth-order valence-corrected chi connectivity index (χ4v) is 2.29. The fourth-order valence-electron chi connectivity index (χ4n) is 2.29. The number of hydrogen-bond donors (Lipinski definition) is 0. The summed E-state index contributed by atoms with van der Waals surface area (Å²) in [6.45, 7) is 2.16. The van der Waals surface area contributed by atoms with Crippen LogP contribution in [0.4, 0.5) is 0 Å². The van der Waals surface area contributed by atoms with Crippen molar-refractivity contribution >= 4 is 21.9 Å². The average molecular weight is 241 g/mol. The SMILES string of the molecule is CCCCc1cc2c[n+]([O-])c3ccccc3c2o1. The summed E-state index contributed by atoms with van der Waals surface area (Å²) in [4.78, 5) is 0. The molecule has 2 heterocycles. The third kappa shape index (κ3) is 1.72. The summed E-state index contributed by atoms with van der Waals surface area (Å²) in [5, 5.41) is 13.7. The van der Waals surface area contributed by atoms with Crippen LogP contribution < -0.4 is 4.73 Å². The summed E-state index contributed by atoms with van der Waals surface area (Å²) in [6.07, 6.45) is 4.77. The molecule has 0 bridgehead atoms. The maximum Gasteiger partial charge on any atom is 0.227 e. The molecule has 3 aromatic rings. The quantitative estimate of drug-likeness (QED) is 0.519. The number of aryl methyl sites for hydroxylation is 1. The first-order chi connectivity index (χ1) is 8.79. The zero-order chi connectivity index (χ0) is 12.5. The van der Waals surface area contributed by atoms with Gasteiger partial charge in [-0.3, -0.25) is 0 Å². The molecule has 2 aromatic heterocycles. The highest BCUT2D eigenvalue weighted by atomic mass is 16.5. The van der Waals surface area contributed by atoms with Crippen molar-refractivity contribution in [3.8, 4) is 0 Å². The molecule has 18 heavy (non-hydrogen) atoms. The summed E-state index contributed by atoms with van der Waals surface area (Å²) in [5.41, 5.74) is 1.48. The highest BCUT2D eigenvalue weighted by Gasteiger charge is 2.13. The zero-order valence-electron chi connectivity index (χ0n) is 10.3. The average Bonchev–Trinajstić information content (AvgIpc) is 2.80. The van der Waals surface area contributed by atoms with Crippen LogP contribution in [0.1, 0.15) is 25.5 Å². The highest BCUT2D eigenvalue weighted by molar-refractivity contribution is 6.00. The van der Waals surface area contributed by atoms with Crippen molar-refractivity contribution in [3.05, 3.63) is 47.5 Å². The van der Waals surface area contributed by atoms with Crippen molar-refractivity contribution in [1.82, 2.24) is 0 Å². The molecule has 0 aliphatic carbocycles. The number of furan rings is 1. The number of nitrogens with zero attached hydrogens (tertiary/aromatic N) is 1. The van der Waals surface area contributed by atoms with Crippen LogP contribution in [0.25, 0.3) is 21.9 Å². The Morgan fingerprint density at radius 2 is 2.11 bits per heavy atom. The number of fused-ring (bicyclic) bond motifs is 3. The van der Waals surface area contributed by atoms with E-state index >= 15 is 0 Å². The third-order valence-corrected chi connectivity index (χ3v) is 3.23. The summed E-state index contributed by atoms with van der Waals surface area (Å²) < 4.78 is 6.80. The number of hydrogen-bond acceptors (Lipinski definition) is 2. The largest absolute Gasteiger partial charge is 0.618 e. The van der Waals surface area contributed by atoms with Crippen molar-refractivity contribution in [3.63, 3.8) is 0 Å². The molecular formula is C15H15NO2. The van der Waals surface area contributed by atoms with E-state index in [0.29, 0.717) is 5.52 Å². The number of aromatic nitrogens is 1. The van der Waals surface area contributed by atoms with E-state index in [-0.39, 0.29) is 0 Å². The van der Waals surface area contributed by atoms with Gasteiger partial charge in [-0.05, 0) is 18.6 Å². The van der Waals surface area contributed by atoms with E-state index < -0.39 is 0 Å². The molecule has 0 fully saturated rings. The van der Waals surface area contributed by atoms with Crippen LogP contribution in [0, 0.1) is 5.21 Å². The molecule has 0 N–H and O–H groups in total. The van der Waals surface area contributed by atoms with Crippen molar-refractivity contribution in [2.75, 3.05) is 0 Å². The fraction of sp³-hybridized carbons (Fsp3) is 0.267. The minimum absolute atomic E-state index is 0.654. The first-order valence-corrected chi connectivity index (χ1v) is 6.33. The summed E-state index contributed by atoms with van der Waals surface area (Å²) >= 11 is 0. The molecule has 0 unspecified atom stereocenters. The van der Waals surface area contributed by atoms with Crippen molar-refractivity contribution < 1.29 is 9.15 Å². The first kappa shape index (κ1) is 11.1. The molecule has 0 radical (unpaired) electrons. The van der Waals surface area contributed by atoms with E-state index in [2.05, 4.69) is 6.92 Å². The maximum atomic E-state index is 11.9. The first-order valence-electron chi connectivity index (χ1n) is 6.33. The van der Waals surface area contributed by atoms with Gasteiger partial charge in [0, 0.05) is 12.5 Å². The van der Waals surface area contributed by atoms with Gasteiger partial charge < -0.3 is 9.62 Å². The van der Waals surface area contributed by atoms with Crippen LogP contribution in [0.3, 0.4) is 0 Å². The molecule has 0 spiro atoms. The van der Waals surface area contributed by atoms with Crippen LogP contribution in [0.2, 0.25) is 0 Å². The second-order valence-corrected chi connectivity index (χ2v) is 4.57. The molecule has 0 atom stereocenters. The van der Waals surface area contributed by atoms with E-state index in [1.165, 1.54) is 0 Å². The Labute approximate surface area is 105 Å². The molecule has 1 aromatic carbocycles. The summed E-state index contributed by atoms with van der Waals surface area (Å²) in [7, 11) is 0. The molecule has 0 aliphatic rings. The van der Waals surface area contributed by atoms with Crippen LogP contribution in [0.5, 0.6) is 0 Å². The highest BCUT2D eigenvalue weighted by Crippen LogP contribution is 2.26. The van der Waals surface area contributed by atoms with Crippen LogP contribution >= 0.6 is 0 Å². The molecule has 3 nitrogen and oxygen atoms in total. The Bertz CT molecular complexity index is 700. The molecule has 92 valence electrons. The second kappa shape index (κ2) is 4.33. The van der Waals surface area contributed by atoms with Crippen LogP contribution in [0.15, 0.2) is 40.9 Å². The van der Waals surface area contributed by atoms with Crippen LogP contribution in [-0.2, 0) is 6.42 Å². The van der Waals surface area contributed by atoms with Gasteiger partial charge in [-0.1, -0.05) is 25.5 Å². The Morgan fingerprint density at radius 1 is 1.28 bits per heavy atom. The zero-order valence-corrected chi connectivity index (χ0v) is 10.3. The van der Waals surface area contributed by atoms with Gasteiger partial charge in [0.05, 0.1) is 10.8 Å². The minimum atomic E-state index is 0.654. The van der Waals surface area contributed by atoms with E-state index in [0.717, 1.165) is 46.1 Å². The standard InChI is InChI=1S/C15H15NO2/c1-2-3-6-12-9-11-10-16(17)14-8-5-4-7-13(14)15(11)18-12/h4-5,7-10H,2-3,6H2,1H3. The Morgan fingerprint density at radius 3 is 2.94 bits per heavy atom. The molecule has 0 saturated heterocycles. The Balaban J connectivity index is 2.23. The number of unbranched alkanes of at least 4 members (excludes halogenated alkanes) is 1. The van der Waals surface area contributed by atoms with Crippen molar-refractivity contribution in [2.24, 2.45) is 0 Å². The topological polar surface area (TPSA) is 40.1 Å². The van der Waals surface area contributed by atoms with Crippen molar-refractivity contribution in [2.45, 2.75) is 26.2 Å². The predicted molar refractivity (Wildman–Crippen MR) is 71.3 cm³/mol. The lowest BCUT2D eigenvalue weighted by molar-refractivity contribution is -0.575.